The lowest BCUT2D eigenvalue weighted by molar-refractivity contribution is 0.716. The van der Waals surface area contributed by atoms with E-state index in [0.29, 0.717) is 5.82 Å². The Labute approximate surface area is 111 Å². The van der Waals surface area contributed by atoms with Crippen molar-refractivity contribution in [3.8, 4) is 17.1 Å². The topological polar surface area (TPSA) is 43.6 Å². The summed E-state index contributed by atoms with van der Waals surface area (Å²) in [5.41, 5.74) is 4.24. The molecule has 0 aliphatic heterocycles. The lowest BCUT2D eigenvalue weighted by Crippen LogP contribution is -2.01. The van der Waals surface area contributed by atoms with Gasteiger partial charge in [0.05, 0.1) is 5.69 Å². The van der Waals surface area contributed by atoms with Gasteiger partial charge < -0.3 is 0 Å². The molecule has 3 rings (SSSR count). The van der Waals surface area contributed by atoms with E-state index >= 15 is 0 Å². The van der Waals surface area contributed by atoms with E-state index in [2.05, 4.69) is 15.4 Å². The highest BCUT2D eigenvalue weighted by Crippen LogP contribution is 2.19. The van der Waals surface area contributed by atoms with Gasteiger partial charge in [-0.25, -0.2) is 0 Å². The molecule has 3 aromatic rings. The first kappa shape index (κ1) is 11.6. The fourth-order valence-corrected chi connectivity index (χ4v) is 2.04. The van der Waals surface area contributed by atoms with Crippen LogP contribution in [0, 0.1) is 13.8 Å². The van der Waals surface area contributed by atoms with Crippen molar-refractivity contribution in [3.05, 3.63) is 59.7 Å². The fourth-order valence-electron chi connectivity index (χ4n) is 2.04. The minimum Gasteiger partial charge on any atom is -0.130 e. The molecule has 94 valence electrons. The number of tetrazole rings is 1. The molecule has 0 atom stereocenters. The smallest absolute Gasteiger partial charge is 0.130 e. The van der Waals surface area contributed by atoms with Crippen LogP contribution in [0.2, 0.25) is 0 Å². The molecule has 0 amide bonds. The number of para-hydroxylation sites is 1. The van der Waals surface area contributed by atoms with Gasteiger partial charge in [0.25, 0.3) is 0 Å². The Kier molecular flexibility index (Phi) is 2.83. The minimum atomic E-state index is 0.654. The maximum absolute atomic E-state index is 4.47. The second kappa shape index (κ2) is 4.65. The van der Waals surface area contributed by atoms with E-state index in [1.165, 1.54) is 0 Å². The van der Waals surface area contributed by atoms with E-state index in [0.717, 1.165) is 22.4 Å². The number of aryl methyl sites for hydroxylation is 2. The summed E-state index contributed by atoms with van der Waals surface area (Å²) >= 11 is 0. The predicted molar refractivity (Wildman–Crippen MR) is 74.1 cm³/mol. The zero-order chi connectivity index (χ0) is 13.2. The summed E-state index contributed by atoms with van der Waals surface area (Å²) in [6.07, 6.45) is 0. The predicted octanol–water partition coefficient (Wildman–Crippen LogP) is 2.95. The molecule has 4 heteroatoms. The summed E-state index contributed by atoms with van der Waals surface area (Å²) in [5.74, 6) is 0.654. The SMILES string of the molecule is Cc1ccccc1-c1nnn(-c2ccccc2C)n1. The number of hydrogen-bond acceptors (Lipinski definition) is 3. The zero-order valence-electron chi connectivity index (χ0n) is 10.9. The van der Waals surface area contributed by atoms with Crippen molar-refractivity contribution in [3.63, 3.8) is 0 Å². The third-order valence-corrected chi connectivity index (χ3v) is 3.13. The third-order valence-electron chi connectivity index (χ3n) is 3.13. The molecule has 0 bridgehead atoms. The molecule has 0 aliphatic rings. The van der Waals surface area contributed by atoms with Crippen LogP contribution in [0.5, 0.6) is 0 Å². The Balaban J connectivity index is 2.06. The quantitative estimate of drug-likeness (QED) is 0.702. The summed E-state index contributed by atoms with van der Waals surface area (Å²) in [6.45, 7) is 4.08. The fraction of sp³-hybridized carbons (Fsp3) is 0.133. The Bertz CT molecular complexity index is 655. The normalized spacial score (nSPS) is 10.6. The van der Waals surface area contributed by atoms with Crippen molar-refractivity contribution in [2.75, 3.05) is 0 Å². The molecule has 1 aromatic heterocycles. The molecule has 1 heterocycles. The van der Waals surface area contributed by atoms with Crippen LogP contribution in [0.25, 0.3) is 17.1 Å². The van der Waals surface area contributed by atoms with Crippen molar-refractivity contribution in [1.82, 2.24) is 20.2 Å². The highest BCUT2D eigenvalue weighted by molar-refractivity contribution is 5.58. The zero-order valence-corrected chi connectivity index (χ0v) is 10.9. The van der Waals surface area contributed by atoms with Gasteiger partial charge in [-0.15, -0.1) is 15.0 Å². The van der Waals surface area contributed by atoms with Crippen molar-refractivity contribution >= 4 is 0 Å². The molecule has 0 radical (unpaired) electrons. The Morgan fingerprint density at radius 2 is 1.53 bits per heavy atom. The molecule has 0 N–H and O–H groups in total. The van der Waals surface area contributed by atoms with Crippen molar-refractivity contribution in [2.24, 2.45) is 0 Å². The highest BCUT2D eigenvalue weighted by atomic mass is 15.6. The first-order valence-corrected chi connectivity index (χ1v) is 6.18. The number of nitrogens with zero attached hydrogens (tertiary/aromatic N) is 4. The molecule has 0 fully saturated rings. The van der Waals surface area contributed by atoms with Gasteiger partial charge in [-0.1, -0.05) is 42.5 Å². The van der Waals surface area contributed by atoms with Gasteiger partial charge in [-0.05, 0) is 36.3 Å². The molecular formula is C15H14N4. The Hall–Kier alpha value is -2.49. The van der Waals surface area contributed by atoms with Gasteiger partial charge in [0.1, 0.15) is 0 Å². The van der Waals surface area contributed by atoms with Crippen LogP contribution in [-0.4, -0.2) is 20.2 Å². The van der Waals surface area contributed by atoms with Gasteiger partial charge in [0.15, 0.2) is 0 Å². The molecular weight excluding hydrogens is 236 g/mol. The van der Waals surface area contributed by atoms with Crippen LogP contribution in [0.1, 0.15) is 11.1 Å². The summed E-state index contributed by atoms with van der Waals surface area (Å²) in [4.78, 5) is 1.58. The van der Waals surface area contributed by atoms with Gasteiger partial charge >= 0.3 is 0 Å². The van der Waals surface area contributed by atoms with E-state index in [9.17, 15) is 0 Å². The average molecular weight is 250 g/mol. The van der Waals surface area contributed by atoms with E-state index in [-0.39, 0.29) is 0 Å². The van der Waals surface area contributed by atoms with Crippen LogP contribution >= 0.6 is 0 Å². The van der Waals surface area contributed by atoms with Crippen LogP contribution in [0.3, 0.4) is 0 Å². The second-order valence-electron chi connectivity index (χ2n) is 4.50. The van der Waals surface area contributed by atoms with Crippen LogP contribution < -0.4 is 0 Å². The van der Waals surface area contributed by atoms with Crippen molar-refractivity contribution in [2.45, 2.75) is 13.8 Å². The molecule has 0 aliphatic carbocycles. The maximum Gasteiger partial charge on any atom is 0.205 e. The summed E-state index contributed by atoms with van der Waals surface area (Å²) < 4.78 is 0. The van der Waals surface area contributed by atoms with Gasteiger partial charge in [-0.3, -0.25) is 0 Å². The van der Waals surface area contributed by atoms with Crippen molar-refractivity contribution in [1.29, 1.82) is 0 Å². The van der Waals surface area contributed by atoms with E-state index in [1.54, 1.807) is 4.80 Å². The first-order valence-electron chi connectivity index (χ1n) is 6.18. The van der Waals surface area contributed by atoms with E-state index < -0.39 is 0 Å². The molecule has 19 heavy (non-hydrogen) atoms. The summed E-state index contributed by atoms with van der Waals surface area (Å²) in [7, 11) is 0. The number of aromatic nitrogens is 4. The monoisotopic (exact) mass is 250 g/mol. The Morgan fingerprint density at radius 1 is 0.842 bits per heavy atom. The molecule has 0 unspecified atom stereocenters. The summed E-state index contributed by atoms with van der Waals surface area (Å²) in [6, 6.07) is 16.0. The number of benzene rings is 2. The number of rotatable bonds is 2. The lowest BCUT2D eigenvalue weighted by atomic mass is 10.1. The van der Waals surface area contributed by atoms with Gasteiger partial charge in [-0.2, -0.15) is 0 Å². The highest BCUT2D eigenvalue weighted by Gasteiger charge is 2.10. The number of hydrogen-bond donors (Lipinski definition) is 0. The first-order chi connectivity index (χ1) is 9.25. The third kappa shape index (κ3) is 2.12. The Morgan fingerprint density at radius 3 is 2.26 bits per heavy atom. The minimum absolute atomic E-state index is 0.654. The summed E-state index contributed by atoms with van der Waals surface area (Å²) in [5, 5.41) is 12.8. The van der Waals surface area contributed by atoms with Crippen molar-refractivity contribution < 1.29 is 0 Å². The largest absolute Gasteiger partial charge is 0.205 e. The maximum atomic E-state index is 4.47. The van der Waals surface area contributed by atoms with Gasteiger partial charge in [0.2, 0.25) is 5.82 Å². The molecule has 0 spiro atoms. The van der Waals surface area contributed by atoms with E-state index in [4.69, 9.17) is 0 Å². The molecule has 4 nitrogen and oxygen atoms in total. The van der Waals surface area contributed by atoms with Crippen LogP contribution in [-0.2, 0) is 0 Å². The average Bonchev–Trinajstić information content (AvgIpc) is 2.89. The lowest BCUT2D eigenvalue weighted by Gasteiger charge is -2.02. The molecule has 0 saturated heterocycles. The van der Waals surface area contributed by atoms with Gasteiger partial charge in [0, 0.05) is 5.56 Å². The second-order valence-corrected chi connectivity index (χ2v) is 4.50. The molecule has 2 aromatic carbocycles. The van der Waals surface area contributed by atoms with Crippen LogP contribution in [0.15, 0.2) is 48.5 Å². The molecule has 0 saturated carbocycles. The van der Waals surface area contributed by atoms with Crippen LogP contribution in [0.4, 0.5) is 0 Å². The standard InChI is InChI=1S/C15H14N4/c1-11-7-3-5-9-13(11)15-16-18-19(17-15)14-10-6-4-8-12(14)2/h3-10H,1-2H3. The van der Waals surface area contributed by atoms with E-state index in [1.807, 2.05) is 62.4 Å².